The van der Waals surface area contributed by atoms with E-state index in [1.165, 1.54) is 13.2 Å². The van der Waals surface area contributed by atoms with Crippen LogP contribution in [-0.2, 0) is 17.8 Å². The largest absolute Gasteiger partial charge is 0.465 e. The predicted octanol–water partition coefficient (Wildman–Crippen LogP) is 2.91. The fourth-order valence-corrected chi connectivity index (χ4v) is 2.34. The minimum absolute atomic E-state index is 0.0673. The van der Waals surface area contributed by atoms with E-state index in [9.17, 15) is 14.9 Å². The third kappa shape index (κ3) is 4.17. The summed E-state index contributed by atoms with van der Waals surface area (Å²) >= 11 is 0. The Kier molecular flexibility index (Phi) is 5.13. The second kappa shape index (κ2) is 7.06. The Morgan fingerprint density at radius 3 is 2.74 bits per heavy atom. The zero-order valence-corrected chi connectivity index (χ0v) is 13.2. The van der Waals surface area contributed by atoms with Crippen LogP contribution in [-0.4, -0.2) is 29.9 Å². The van der Waals surface area contributed by atoms with Crippen LogP contribution in [0.15, 0.2) is 34.7 Å². The fourth-order valence-electron chi connectivity index (χ4n) is 2.34. The molecule has 0 spiro atoms. The number of ether oxygens (including phenoxy) is 1. The number of rotatable bonds is 6. The number of hydrogen-bond donors (Lipinski definition) is 0. The van der Waals surface area contributed by atoms with Crippen molar-refractivity contribution in [2.75, 3.05) is 14.2 Å². The number of non-ortho nitro benzene ring substituents is 1. The van der Waals surface area contributed by atoms with Gasteiger partial charge in [0.05, 0.1) is 18.6 Å². The Morgan fingerprint density at radius 2 is 2.09 bits per heavy atom. The van der Waals surface area contributed by atoms with E-state index in [2.05, 4.69) is 0 Å². The third-order valence-corrected chi connectivity index (χ3v) is 3.37. The van der Waals surface area contributed by atoms with Crippen molar-refractivity contribution in [1.29, 1.82) is 0 Å². The molecule has 0 saturated carbocycles. The molecule has 0 fully saturated rings. The number of carbonyl (C=O) groups is 1. The van der Waals surface area contributed by atoms with Gasteiger partial charge < -0.3 is 9.15 Å². The third-order valence-electron chi connectivity index (χ3n) is 3.37. The Hall–Kier alpha value is -2.67. The van der Waals surface area contributed by atoms with Gasteiger partial charge in [-0.3, -0.25) is 15.0 Å². The van der Waals surface area contributed by atoms with Crippen LogP contribution in [0.4, 0.5) is 5.69 Å². The minimum atomic E-state index is -0.432. The lowest BCUT2D eigenvalue weighted by molar-refractivity contribution is -0.384. The summed E-state index contributed by atoms with van der Waals surface area (Å²) < 4.78 is 10.2. The Bertz CT molecular complexity index is 723. The van der Waals surface area contributed by atoms with Crippen molar-refractivity contribution in [3.63, 3.8) is 0 Å². The average molecular weight is 318 g/mol. The van der Waals surface area contributed by atoms with Crippen LogP contribution < -0.4 is 0 Å². The molecule has 1 aromatic heterocycles. The van der Waals surface area contributed by atoms with Crippen molar-refractivity contribution in [2.24, 2.45) is 0 Å². The smallest absolute Gasteiger partial charge is 0.341 e. The lowest BCUT2D eigenvalue weighted by Gasteiger charge is -2.14. The molecule has 2 aromatic rings. The summed E-state index contributed by atoms with van der Waals surface area (Å²) in [7, 11) is 3.19. The minimum Gasteiger partial charge on any atom is -0.465 e. The number of furan rings is 1. The number of nitro benzene ring substituents is 1. The van der Waals surface area contributed by atoms with Crippen LogP contribution in [0.3, 0.4) is 0 Å². The molecule has 0 bridgehead atoms. The highest BCUT2D eigenvalue weighted by molar-refractivity contribution is 5.90. The molecule has 0 aliphatic carbocycles. The fraction of sp³-hybridized carbons (Fsp3) is 0.312. The zero-order valence-electron chi connectivity index (χ0n) is 13.2. The van der Waals surface area contributed by atoms with Gasteiger partial charge >= 0.3 is 5.97 Å². The van der Waals surface area contributed by atoms with E-state index < -0.39 is 10.9 Å². The van der Waals surface area contributed by atoms with Crippen molar-refractivity contribution in [3.8, 4) is 0 Å². The molecule has 0 atom stereocenters. The second-order valence-electron chi connectivity index (χ2n) is 5.27. The first-order valence-corrected chi connectivity index (χ1v) is 7.00. The zero-order chi connectivity index (χ0) is 17.0. The standard InChI is InChI=1S/C16H18N2O5/c1-11-15(16(19)22-3)8-14(23-11)10-17(2)9-12-5-4-6-13(7-12)18(20)21/h4-8H,9-10H2,1-3H3. The quantitative estimate of drug-likeness (QED) is 0.462. The molecule has 0 saturated heterocycles. The molecule has 0 radical (unpaired) electrons. The van der Waals surface area contributed by atoms with Crippen molar-refractivity contribution in [1.82, 2.24) is 4.90 Å². The maximum Gasteiger partial charge on any atom is 0.341 e. The van der Waals surface area contributed by atoms with E-state index in [1.54, 1.807) is 25.1 Å². The summed E-state index contributed by atoms with van der Waals surface area (Å²) in [6, 6.07) is 8.15. The van der Waals surface area contributed by atoms with Gasteiger partial charge in [-0.25, -0.2) is 4.79 Å². The van der Waals surface area contributed by atoms with Crippen molar-refractivity contribution >= 4 is 11.7 Å². The van der Waals surface area contributed by atoms with Crippen LogP contribution in [0, 0.1) is 17.0 Å². The molecule has 7 nitrogen and oxygen atoms in total. The first kappa shape index (κ1) is 16.7. The van der Waals surface area contributed by atoms with Crippen LogP contribution >= 0.6 is 0 Å². The van der Waals surface area contributed by atoms with E-state index in [0.717, 1.165) is 5.56 Å². The van der Waals surface area contributed by atoms with E-state index in [-0.39, 0.29) is 5.69 Å². The number of nitrogens with zero attached hydrogens (tertiary/aromatic N) is 2. The summed E-state index contributed by atoms with van der Waals surface area (Å²) in [6.07, 6.45) is 0. The summed E-state index contributed by atoms with van der Waals surface area (Å²) in [4.78, 5) is 23.9. The van der Waals surface area contributed by atoms with Crippen LogP contribution in [0.5, 0.6) is 0 Å². The molecule has 1 heterocycles. The van der Waals surface area contributed by atoms with Gasteiger partial charge in [-0.15, -0.1) is 0 Å². The molecule has 0 unspecified atom stereocenters. The van der Waals surface area contributed by atoms with Gasteiger partial charge in [-0.05, 0) is 25.6 Å². The summed E-state index contributed by atoms with van der Waals surface area (Å²) in [5.74, 6) is 0.713. The molecule has 0 amide bonds. The van der Waals surface area contributed by atoms with Crippen LogP contribution in [0.2, 0.25) is 0 Å². The predicted molar refractivity (Wildman–Crippen MR) is 83.1 cm³/mol. The molecule has 0 aliphatic rings. The normalized spacial score (nSPS) is 10.8. The van der Waals surface area contributed by atoms with Gasteiger partial charge in [0.2, 0.25) is 0 Å². The summed E-state index contributed by atoms with van der Waals surface area (Å²) in [5, 5.41) is 10.8. The number of nitro groups is 1. The lowest BCUT2D eigenvalue weighted by atomic mass is 10.2. The molecule has 23 heavy (non-hydrogen) atoms. The van der Waals surface area contributed by atoms with Crippen molar-refractivity contribution in [2.45, 2.75) is 20.0 Å². The van der Waals surface area contributed by atoms with Crippen molar-refractivity contribution in [3.05, 3.63) is 63.1 Å². The monoisotopic (exact) mass is 318 g/mol. The Morgan fingerprint density at radius 1 is 1.35 bits per heavy atom. The maximum absolute atomic E-state index is 11.6. The first-order chi connectivity index (χ1) is 10.9. The number of hydrogen-bond acceptors (Lipinski definition) is 6. The molecule has 122 valence electrons. The van der Waals surface area contributed by atoms with E-state index in [0.29, 0.717) is 30.2 Å². The number of methoxy groups -OCH3 is 1. The van der Waals surface area contributed by atoms with E-state index in [4.69, 9.17) is 9.15 Å². The van der Waals surface area contributed by atoms with Gasteiger partial charge in [0.1, 0.15) is 17.1 Å². The first-order valence-electron chi connectivity index (χ1n) is 7.00. The molecular weight excluding hydrogens is 300 g/mol. The van der Waals surface area contributed by atoms with Crippen LogP contribution in [0.25, 0.3) is 0 Å². The summed E-state index contributed by atoms with van der Waals surface area (Å²) in [6.45, 7) is 2.70. The van der Waals surface area contributed by atoms with Gasteiger partial charge in [0.15, 0.2) is 0 Å². The highest BCUT2D eigenvalue weighted by atomic mass is 16.6. The highest BCUT2D eigenvalue weighted by Crippen LogP contribution is 2.19. The summed E-state index contributed by atoms with van der Waals surface area (Å²) in [5.41, 5.74) is 1.31. The van der Waals surface area contributed by atoms with Crippen LogP contribution in [0.1, 0.15) is 27.4 Å². The van der Waals surface area contributed by atoms with E-state index in [1.807, 2.05) is 18.0 Å². The Labute approximate surface area is 133 Å². The molecule has 7 heteroatoms. The number of aryl methyl sites for hydroxylation is 1. The maximum atomic E-state index is 11.6. The number of carbonyl (C=O) groups excluding carboxylic acids is 1. The number of benzene rings is 1. The average Bonchev–Trinajstić information content (AvgIpc) is 2.87. The van der Waals surface area contributed by atoms with Gasteiger partial charge in [0.25, 0.3) is 5.69 Å². The molecule has 1 aromatic carbocycles. The number of esters is 1. The van der Waals surface area contributed by atoms with Gasteiger partial charge in [0, 0.05) is 18.7 Å². The molecular formula is C16H18N2O5. The second-order valence-corrected chi connectivity index (χ2v) is 5.27. The van der Waals surface area contributed by atoms with E-state index >= 15 is 0 Å². The van der Waals surface area contributed by atoms with Gasteiger partial charge in [-0.1, -0.05) is 12.1 Å². The Balaban J connectivity index is 2.05. The topological polar surface area (TPSA) is 85.8 Å². The van der Waals surface area contributed by atoms with Gasteiger partial charge in [-0.2, -0.15) is 0 Å². The molecule has 0 aliphatic heterocycles. The van der Waals surface area contributed by atoms with Crippen molar-refractivity contribution < 1.29 is 18.9 Å². The lowest BCUT2D eigenvalue weighted by Crippen LogP contribution is -2.16. The SMILES string of the molecule is COC(=O)c1cc(CN(C)Cc2cccc([N+](=O)[O-])c2)oc1C. The molecule has 0 N–H and O–H groups in total. The molecule has 2 rings (SSSR count). The highest BCUT2D eigenvalue weighted by Gasteiger charge is 2.16.